The Balaban J connectivity index is 0.00000457. The number of ether oxygens (including phenoxy) is 11. The number of fused-ring (bicyclic) bond motifs is 4. The molecule has 3 saturated carbocycles. The average Bonchev–Trinajstić information content (AvgIpc) is 1.55. The quantitative estimate of drug-likeness (QED) is 0.0174. The zero-order chi connectivity index (χ0) is 66.3. The van der Waals surface area contributed by atoms with Gasteiger partial charge in [0.15, 0.2) is 25.2 Å². The molecule has 8 fully saturated rings. The number of methoxy groups -OCH3 is 1. The average molecular weight is 1420 g/mol. The van der Waals surface area contributed by atoms with Crippen molar-refractivity contribution < 1.29 is 238 Å². The molecule has 5 saturated heterocycles. The molecule has 9 rings (SSSR count). The van der Waals surface area contributed by atoms with Gasteiger partial charge in [-0.05, 0) is 86.9 Å². The van der Waals surface area contributed by atoms with E-state index in [0.717, 1.165) is 25.5 Å². The topological polar surface area (TPSA) is 477 Å². The van der Waals surface area contributed by atoms with Crippen LogP contribution in [0.3, 0.4) is 0 Å². The Kier molecular flexibility index (Phi) is 28.2. The number of allylic oxidation sites excluding steroid dienone is 2. The number of aliphatic hydroxyl groups excluding tert-OH is 7. The first-order valence-electron chi connectivity index (χ1n) is 30.2. The number of cyclic esters (lactones) is 1. The van der Waals surface area contributed by atoms with E-state index in [1.807, 2.05) is 13.8 Å². The standard InChI is InChI=1S/C55H88O32S3.3Na/c1-23(2)11-10-12-28-35-29(79-25(4)56)19-54(8)27-13-14-33-52(5,6)34(16-17-53(33,7)26(27)15-18-55(35,54)51(64)82-28)83-50-46(38(59)32(20-75-50)87-90(71,72)73)86-47-40(61)39(60)43(24(3)78-47)84-49-42(63)45(37(58)31(81-49)22-77-89(68,69)70)85-48-41(62)44(74-9)36(57)30(80-48)21-76-88(65,66)67;;;/h13,23-24,26,28-50,57-63H,10-12,14-22H2,1-9H3,(H,65,66,67)(H,68,69,70)(H,71,72,73);;;/q;3*+1/p-3/t24-,26+,28+,29?,30-,31-,32-,33+,34+,35?,36-,37-,38+,39-,40-,41-,42-,43-,44+,45+,46-,47+,48+,49+,50+,53-,54+,55?;;;/m1.../s1. The molecule has 0 radical (unpaired) electrons. The van der Waals surface area contributed by atoms with E-state index in [9.17, 15) is 84.2 Å². The van der Waals surface area contributed by atoms with E-state index < -0.39 is 208 Å². The zero-order valence-corrected chi connectivity index (χ0v) is 62.6. The molecular formula is C55H85Na3O32S3. The Morgan fingerprint density at radius 3 is 1.80 bits per heavy atom. The summed E-state index contributed by atoms with van der Waals surface area (Å²) in [4.78, 5) is 27.2. The molecule has 38 heteroatoms. The number of carbonyl (C=O) groups is 2. The molecule has 4 aliphatic carbocycles. The fourth-order valence-electron chi connectivity index (χ4n) is 16.6. The van der Waals surface area contributed by atoms with Crippen molar-refractivity contribution in [1.82, 2.24) is 0 Å². The summed E-state index contributed by atoms with van der Waals surface area (Å²) in [6, 6.07) is 0. The zero-order valence-electron chi connectivity index (χ0n) is 54.1. The molecule has 1 spiro atoms. The van der Waals surface area contributed by atoms with Crippen molar-refractivity contribution in [3.05, 3.63) is 11.6 Å². The molecule has 0 aromatic carbocycles. The first-order chi connectivity index (χ1) is 41.8. The van der Waals surface area contributed by atoms with Crippen molar-refractivity contribution in [1.29, 1.82) is 0 Å². The second-order valence-corrected chi connectivity index (χ2v) is 30.0. The fraction of sp³-hybridized carbons (Fsp3) is 0.927. The maximum Gasteiger partial charge on any atom is 1.00 e. The minimum Gasteiger partial charge on any atom is -0.726 e. The second-order valence-electron chi connectivity index (χ2n) is 26.8. The molecule has 93 heavy (non-hydrogen) atoms. The Morgan fingerprint density at radius 2 is 1.24 bits per heavy atom. The van der Waals surface area contributed by atoms with Gasteiger partial charge in [0.05, 0.1) is 43.4 Å². The second kappa shape index (κ2) is 31.7. The van der Waals surface area contributed by atoms with Crippen LogP contribution in [-0.2, 0) is 105 Å². The van der Waals surface area contributed by atoms with E-state index in [0.29, 0.717) is 50.9 Å². The normalized spacial score (nSPS) is 44.8. The van der Waals surface area contributed by atoms with Gasteiger partial charge in [-0.15, -0.1) is 0 Å². The van der Waals surface area contributed by atoms with Crippen LogP contribution in [0.5, 0.6) is 0 Å². The Hall–Kier alpha value is 0.650. The molecule has 7 N–H and O–H groups in total. The molecule has 0 amide bonds. The van der Waals surface area contributed by atoms with Crippen LogP contribution in [0.4, 0.5) is 0 Å². The molecule has 32 nitrogen and oxygen atoms in total. The third-order valence-corrected chi connectivity index (χ3v) is 22.1. The van der Waals surface area contributed by atoms with Crippen LogP contribution in [0, 0.1) is 45.3 Å². The van der Waals surface area contributed by atoms with Crippen molar-refractivity contribution in [3.8, 4) is 0 Å². The van der Waals surface area contributed by atoms with E-state index in [2.05, 4.69) is 46.3 Å². The number of carbonyl (C=O) groups excluding carboxylic acids is 2. The van der Waals surface area contributed by atoms with Crippen LogP contribution in [0.1, 0.15) is 113 Å². The van der Waals surface area contributed by atoms with E-state index in [-0.39, 0.29) is 118 Å². The molecule has 5 heterocycles. The summed E-state index contributed by atoms with van der Waals surface area (Å²) in [6.45, 7) is 12.2. The monoisotopic (exact) mass is 1420 g/mol. The van der Waals surface area contributed by atoms with Crippen LogP contribution < -0.4 is 88.7 Å². The van der Waals surface area contributed by atoms with Crippen LogP contribution in [-0.4, -0.2) is 249 Å². The maximum absolute atomic E-state index is 14.5. The van der Waals surface area contributed by atoms with Crippen molar-refractivity contribution in [2.45, 2.75) is 248 Å². The minimum atomic E-state index is -5.51. The Bertz CT molecular complexity index is 2950. The molecule has 9 aliphatic rings. The van der Waals surface area contributed by atoms with Gasteiger partial charge >= 0.3 is 101 Å². The first-order valence-corrected chi connectivity index (χ1v) is 34.2. The van der Waals surface area contributed by atoms with Gasteiger partial charge in [-0.3, -0.25) is 22.1 Å². The summed E-state index contributed by atoms with van der Waals surface area (Å²) in [5, 5.41) is 80.2. The largest absolute Gasteiger partial charge is 1.00 e. The number of rotatable bonds is 22. The third kappa shape index (κ3) is 17.0. The Labute approximate surface area is 607 Å². The van der Waals surface area contributed by atoms with Crippen molar-refractivity contribution >= 4 is 43.1 Å². The number of hydrogen-bond donors (Lipinski definition) is 7. The van der Waals surface area contributed by atoms with Crippen molar-refractivity contribution in [2.75, 3.05) is 26.9 Å². The minimum absolute atomic E-state index is 0. The van der Waals surface area contributed by atoms with Gasteiger partial charge in [0, 0.05) is 19.4 Å². The van der Waals surface area contributed by atoms with Gasteiger partial charge < -0.3 is 102 Å². The summed E-state index contributed by atoms with van der Waals surface area (Å²) in [5.74, 6) is -0.632. The van der Waals surface area contributed by atoms with Gasteiger partial charge in [0.2, 0.25) is 31.2 Å². The van der Waals surface area contributed by atoms with E-state index in [1.165, 1.54) is 13.8 Å². The van der Waals surface area contributed by atoms with Crippen LogP contribution in [0.15, 0.2) is 11.6 Å². The number of aliphatic hydroxyl groups is 7. The maximum atomic E-state index is 14.5. The SMILES string of the molecule is CO[C@@H]1[C@@H](O)[C@H](O[C@@H]2[C@@H](O)[C@H](O[C@H]3[C@H](O)[C@@H](O)[C@H](O[C@H]4[C@H](O[C@H]5CC[C@]6(C)[C@H]7CCC89C(=O)O[C@@H](CCCC(C)C)C8C(OC(C)=O)C[C@@]9(C)C7=CC[C@H]6C5(C)C)OC[C@@H](OS(=O)(=O)[O-])[C@@H]4O)O[C@@H]3C)O[C@H](COS(=O)(=O)[O-])[C@H]2O)O[C@H](COS(=O)(=O)[O-])[C@H]1O.[Na+].[Na+].[Na+]. The predicted octanol–water partition coefficient (Wildman–Crippen LogP) is -10.7. The van der Waals surface area contributed by atoms with Crippen LogP contribution in [0.25, 0.3) is 0 Å². The van der Waals surface area contributed by atoms with Crippen molar-refractivity contribution in [2.24, 2.45) is 45.3 Å². The first kappa shape index (κ1) is 82.6. The van der Waals surface area contributed by atoms with Crippen LogP contribution >= 0.6 is 0 Å². The molecule has 0 aromatic heterocycles. The summed E-state index contributed by atoms with van der Waals surface area (Å²) in [6.07, 6.45) is -31.1. The van der Waals surface area contributed by atoms with E-state index >= 15 is 0 Å². The molecule has 28 atom stereocenters. The van der Waals surface area contributed by atoms with Gasteiger partial charge in [0.25, 0.3) is 0 Å². The Morgan fingerprint density at radius 1 is 0.677 bits per heavy atom. The van der Waals surface area contributed by atoms with E-state index in [4.69, 9.17) is 52.1 Å². The van der Waals surface area contributed by atoms with E-state index in [1.54, 1.807) is 0 Å². The molecule has 0 aromatic rings. The summed E-state index contributed by atoms with van der Waals surface area (Å²) < 4.78 is 183. The van der Waals surface area contributed by atoms with Gasteiger partial charge in [0.1, 0.15) is 97.7 Å². The molecular weight excluding hydrogens is 1340 g/mol. The smallest absolute Gasteiger partial charge is 0.726 e. The van der Waals surface area contributed by atoms with Gasteiger partial charge in [-0.1, -0.05) is 59.6 Å². The van der Waals surface area contributed by atoms with Gasteiger partial charge in [-0.25, -0.2) is 25.3 Å². The third-order valence-electron chi connectivity index (χ3n) is 20.8. The predicted molar refractivity (Wildman–Crippen MR) is 292 cm³/mol. The van der Waals surface area contributed by atoms with Gasteiger partial charge in [-0.2, -0.15) is 0 Å². The summed E-state index contributed by atoms with van der Waals surface area (Å²) in [7, 11) is -15.4. The fourth-order valence-corrected chi connectivity index (χ4v) is 17.7. The van der Waals surface area contributed by atoms with Crippen LogP contribution in [0.2, 0.25) is 0 Å². The molecule has 518 valence electrons. The molecule has 5 aliphatic heterocycles. The number of hydrogen-bond acceptors (Lipinski definition) is 32. The summed E-state index contributed by atoms with van der Waals surface area (Å²) >= 11 is 0. The molecule has 0 bridgehead atoms. The molecule has 3 unspecified atom stereocenters. The van der Waals surface area contributed by atoms with Crippen molar-refractivity contribution in [3.63, 3.8) is 0 Å². The number of esters is 2. The summed E-state index contributed by atoms with van der Waals surface area (Å²) in [5.41, 5.74) is -1.54.